The first-order chi connectivity index (χ1) is 14.0. The molecule has 7 heteroatoms. The maximum atomic E-state index is 12.6. The van der Waals surface area contributed by atoms with E-state index in [4.69, 9.17) is 4.98 Å². The van der Waals surface area contributed by atoms with E-state index in [1.54, 1.807) is 12.1 Å². The molecule has 3 aromatic heterocycles. The van der Waals surface area contributed by atoms with Crippen LogP contribution in [0.3, 0.4) is 0 Å². The number of carbonyl (C=O) groups is 1. The fourth-order valence-corrected chi connectivity index (χ4v) is 3.34. The average molecular weight is 382 g/mol. The Morgan fingerprint density at radius 3 is 2.59 bits per heavy atom. The summed E-state index contributed by atoms with van der Waals surface area (Å²) >= 11 is 0. The van der Waals surface area contributed by atoms with Crippen molar-refractivity contribution >= 4 is 22.6 Å². The van der Waals surface area contributed by atoms with Gasteiger partial charge in [-0.15, -0.1) is 0 Å². The van der Waals surface area contributed by atoms with Gasteiger partial charge in [-0.3, -0.25) is 9.78 Å². The van der Waals surface area contributed by atoms with Crippen LogP contribution in [0.4, 0.5) is 5.82 Å². The van der Waals surface area contributed by atoms with E-state index in [-0.39, 0.29) is 17.3 Å². The number of nitrogens with one attached hydrogen (secondary N) is 1. The summed E-state index contributed by atoms with van der Waals surface area (Å²) in [5, 5.41) is 17.6. The van der Waals surface area contributed by atoms with Gasteiger partial charge in [0, 0.05) is 23.3 Å². The molecule has 4 aromatic rings. The molecule has 0 fully saturated rings. The Labute approximate surface area is 167 Å². The van der Waals surface area contributed by atoms with Gasteiger partial charge in [0.1, 0.15) is 11.6 Å². The zero-order chi connectivity index (χ0) is 20.5. The van der Waals surface area contributed by atoms with Crippen LogP contribution in [0, 0.1) is 32.1 Å². The number of rotatable bonds is 3. The first-order valence-electron chi connectivity index (χ1n) is 9.06. The van der Waals surface area contributed by atoms with E-state index in [1.165, 1.54) is 28.8 Å². The Morgan fingerprint density at radius 1 is 1.10 bits per heavy atom. The van der Waals surface area contributed by atoms with Crippen molar-refractivity contribution in [1.29, 1.82) is 5.26 Å². The van der Waals surface area contributed by atoms with Crippen molar-refractivity contribution in [3.8, 4) is 11.9 Å². The van der Waals surface area contributed by atoms with Gasteiger partial charge in [-0.1, -0.05) is 11.6 Å². The van der Waals surface area contributed by atoms with Crippen LogP contribution in [0.25, 0.3) is 16.7 Å². The number of fused-ring (bicyclic) bond motifs is 1. The number of nitriles is 1. The molecule has 0 aliphatic rings. The lowest BCUT2D eigenvalue weighted by atomic mass is 10.0. The lowest BCUT2D eigenvalue weighted by Crippen LogP contribution is -2.16. The van der Waals surface area contributed by atoms with E-state index in [0.29, 0.717) is 11.4 Å². The van der Waals surface area contributed by atoms with Crippen LogP contribution in [0.5, 0.6) is 0 Å². The van der Waals surface area contributed by atoms with Gasteiger partial charge in [-0.05, 0) is 56.2 Å². The van der Waals surface area contributed by atoms with Crippen LogP contribution >= 0.6 is 0 Å². The topological polar surface area (TPSA) is 96.5 Å². The predicted octanol–water partition coefficient (Wildman–Crippen LogP) is 3.86. The van der Waals surface area contributed by atoms with Crippen LogP contribution in [0.2, 0.25) is 0 Å². The van der Waals surface area contributed by atoms with Gasteiger partial charge in [0.05, 0.1) is 11.7 Å². The summed E-state index contributed by atoms with van der Waals surface area (Å²) in [4.78, 5) is 21.3. The second kappa shape index (κ2) is 7.17. The number of pyridine rings is 2. The van der Waals surface area contributed by atoms with Gasteiger partial charge < -0.3 is 5.32 Å². The molecule has 0 aliphatic carbocycles. The number of nitrogens with zero attached hydrogens (tertiary/aromatic N) is 5. The van der Waals surface area contributed by atoms with Gasteiger partial charge in [-0.25, -0.2) is 4.98 Å². The molecule has 0 atom stereocenters. The molecule has 142 valence electrons. The van der Waals surface area contributed by atoms with E-state index in [0.717, 1.165) is 22.0 Å². The Kier molecular flexibility index (Phi) is 4.53. The summed E-state index contributed by atoms with van der Waals surface area (Å²) in [6, 6.07) is 11.4. The number of aromatic nitrogens is 4. The molecule has 4 rings (SSSR count). The Morgan fingerprint density at radius 2 is 1.86 bits per heavy atom. The highest BCUT2D eigenvalue weighted by molar-refractivity contribution is 6.04. The molecule has 0 spiro atoms. The van der Waals surface area contributed by atoms with Crippen LogP contribution in [-0.2, 0) is 0 Å². The lowest BCUT2D eigenvalue weighted by Gasteiger charge is -2.12. The Bertz CT molecular complexity index is 1280. The zero-order valence-electron chi connectivity index (χ0n) is 16.3. The smallest absolute Gasteiger partial charge is 0.256 e. The summed E-state index contributed by atoms with van der Waals surface area (Å²) in [5.41, 5.74) is 4.82. The minimum absolute atomic E-state index is 0.257. The van der Waals surface area contributed by atoms with E-state index < -0.39 is 0 Å². The van der Waals surface area contributed by atoms with Gasteiger partial charge in [0.2, 0.25) is 0 Å². The molecule has 1 N–H and O–H groups in total. The van der Waals surface area contributed by atoms with Crippen LogP contribution in [-0.4, -0.2) is 25.7 Å². The van der Waals surface area contributed by atoms with Crippen molar-refractivity contribution < 1.29 is 4.79 Å². The molecule has 0 unspecified atom stereocenters. The van der Waals surface area contributed by atoms with Crippen molar-refractivity contribution in [3.63, 3.8) is 0 Å². The van der Waals surface area contributed by atoms with Gasteiger partial charge in [0.15, 0.2) is 11.6 Å². The lowest BCUT2D eigenvalue weighted by molar-refractivity contribution is 0.102. The number of benzene rings is 1. The fourth-order valence-electron chi connectivity index (χ4n) is 3.34. The summed E-state index contributed by atoms with van der Waals surface area (Å²) < 4.78 is 1.49. The van der Waals surface area contributed by atoms with Crippen LogP contribution in [0.15, 0.2) is 48.9 Å². The SMILES string of the molecule is Cc1cc(C)c2nc(-n3ncc(C#N)c3NC(=O)c3ccncc3)cc(C)c2c1. The zero-order valence-corrected chi connectivity index (χ0v) is 16.3. The van der Waals surface area contributed by atoms with Crippen LogP contribution in [0.1, 0.15) is 32.6 Å². The van der Waals surface area contributed by atoms with E-state index in [2.05, 4.69) is 40.5 Å². The predicted molar refractivity (Wildman–Crippen MR) is 110 cm³/mol. The summed E-state index contributed by atoms with van der Waals surface area (Å²) in [7, 11) is 0. The van der Waals surface area contributed by atoms with Gasteiger partial charge in [0.25, 0.3) is 5.91 Å². The molecule has 29 heavy (non-hydrogen) atoms. The number of anilines is 1. The normalized spacial score (nSPS) is 10.7. The molecule has 1 aromatic carbocycles. The minimum atomic E-state index is -0.352. The molecule has 0 saturated heterocycles. The summed E-state index contributed by atoms with van der Waals surface area (Å²) in [5.74, 6) is 0.466. The van der Waals surface area contributed by atoms with Crippen molar-refractivity contribution in [2.45, 2.75) is 20.8 Å². The van der Waals surface area contributed by atoms with Crippen LogP contribution < -0.4 is 5.32 Å². The van der Waals surface area contributed by atoms with Crippen molar-refractivity contribution in [2.24, 2.45) is 0 Å². The number of carbonyl (C=O) groups excluding carboxylic acids is 1. The highest BCUT2D eigenvalue weighted by Gasteiger charge is 2.18. The third kappa shape index (κ3) is 3.32. The van der Waals surface area contributed by atoms with E-state index >= 15 is 0 Å². The first-order valence-corrected chi connectivity index (χ1v) is 9.06. The molecule has 3 heterocycles. The standard InChI is InChI=1S/C22H18N6O/c1-13-8-15(3)20-18(9-13)14(2)10-19(26-20)28-21(17(11-23)12-25-28)27-22(29)16-4-6-24-7-5-16/h4-10,12H,1-3H3,(H,27,29). The largest absolute Gasteiger partial charge is 0.305 e. The second-order valence-electron chi connectivity index (χ2n) is 6.90. The van der Waals surface area contributed by atoms with Gasteiger partial charge >= 0.3 is 0 Å². The molecular weight excluding hydrogens is 364 g/mol. The highest BCUT2D eigenvalue weighted by Crippen LogP contribution is 2.26. The number of amides is 1. The molecule has 0 bridgehead atoms. The van der Waals surface area contributed by atoms with Crippen molar-refractivity contribution in [3.05, 3.63) is 76.7 Å². The average Bonchev–Trinajstić information content (AvgIpc) is 3.11. The quantitative estimate of drug-likeness (QED) is 0.580. The molecule has 0 saturated carbocycles. The van der Waals surface area contributed by atoms with Crippen molar-refractivity contribution in [1.82, 2.24) is 19.7 Å². The second-order valence-corrected chi connectivity index (χ2v) is 6.90. The molecular formula is C22H18N6O. The molecule has 0 aliphatic heterocycles. The molecule has 7 nitrogen and oxygen atoms in total. The maximum Gasteiger partial charge on any atom is 0.256 e. The number of aryl methyl sites for hydroxylation is 3. The highest BCUT2D eigenvalue weighted by atomic mass is 16.1. The maximum absolute atomic E-state index is 12.6. The van der Waals surface area contributed by atoms with Gasteiger partial charge in [-0.2, -0.15) is 15.0 Å². The van der Waals surface area contributed by atoms with Crippen molar-refractivity contribution in [2.75, 3.05) is 5.32 Å². The fraction of sp³-hybridized carbons (Fsp3) is 0.136. The monoisotopic (exact) mass is 382 g/mol. The molecule has 1 amide bonds. The number of hydrogen-bond donors (Lipinski definition) is 1. The summed E-state index contributed by atoms with van der Waals surface area (Å²) in [6.07, 6.45) is 4.50. The Hall–Kier alpha value is -4.05. The third-order valence-electron chi connectivity index (χ3n) is 4.72. The van der Waals surface area contributed by atoms with E-state index in [1.807, 2.05) is 19.9 Å². The summed E-state index contributed by atoms with van der Waals surface area (Å²) in [6.45, 7) is 6.08. The Balaban J connectivity index is 1.83. The third-order valence-corrected chi connectivity index (χ3v) is 4.72. The van der Waals surface area contributed by atoms with E-state index in [9.17, 15) is 10.1 Å². The molecule has 0 radical (unpaired) electrons. The first kappa shape index (κ1) is 18.3. The number of hydrogen-bond acceptors (Lipinski definition) is 5. The minimum Gasteiger partial charge on any atom is -0.305 e.